The van der Waals surface area contributed by atoms with E-state index in [4.69, 9.17) is 9.84 Å². The van der Waals surface area contributed by atoms with Crippen LogP contribution in [0, 0.1) is 0 Å². The molecule has 0 fully saturated rings. The zero-order chi connectivity index (χ0) is 13.5. The monoisotopic (exact) mass is 246 g/mol. The van der Waals surface area contributed by atoms with Crippen molar-refractivity contribution in [1.29, 1.82) is 0 Å². The third-order valence-corrected chi connectivity index (χ3v) is 1.98. The second-order valence-electron chi connectivity index (χ2n) is 4.75. The van der Waals surface area contributed by atoms with Gasteiger partial charge in [0.1, 0.15) is 11.6 Å². The van der Waals surface area contributed by atoms with Crippen LogP contribution in [0.4, 0.5) is 4.79 Å². The van der Waals surface area contributed by atoms with E-state index in [1.807, 2.05) is 0 Å². The lowest BCUT2D eigenvalue weighted by Crippen LogP contribution is -2.36. The van der Waals surface area contributed by atoms with Crippen molar-refractivity contribution in [3.8, 4) is 0 Å². The summed E-state index contributed by atoms with van der Waals surface area (Å²) >= 11 is 0. The van der Waals surface area contributed by atoms with Crippen LogP contribution in [0.15, 0.2) is 0 Å². The highest BCUT2D eigenvalue weighted by atomic mass is 16.6. The van der Waals surface area contributed by atoms with Gasteiger partial charge in [0.05, 0.1) is 0 Å². The zero-order valence-electron chi connectivity index (χ0n) is 10.9. The Hall–Kier alpha value is -1.30. The molecular formula is C11H22N2O4. The lowest BCUT2D eigenvalue weighted by Gasteiger charge is -2.19. The van der Waals surface area contributed by atoms with Crippen LogP contribution in [0.3, 0.4) is 0 Å². The number of carboxylic acids is 1. The molecule has 1 amide bonds. The molecule has 0 radical (unpaired) electrons. The fraction of sp³-hybridized carbons (Fsp3) is 0.818. The highest BCUT2D eigenvalue weighted by Gasteiger charge is 2.16. The minimum atomic E-state index is -0.884. The fourth-order valence-electron chi connectivity index (χ4n) is 1.20. The van der Waals surface area contributed by atoms with Gasteiger partial charge in [-0.25, -0.2) is 4.79 Å². The smallest absolute Gasteiger partial charge is 0.407 e. The molecule has 0 aliphatic rings. The highest BCUT2D eigenvalue weighted by molar-refractivity contribution is 5.73. The Morgan fingerprint density at radius 1 is 1.35 bits per heavy atom. The van der Waals surface area contributed by atoms with Gasteiger partial charge >= 0.3 is 12.1 Å². The molecule has 0 rings (SSSR count). The summed E-state index contributed by atoms with van der Waals surface area (Å²) in [5.41, 5.74) is -0.515. The van der Waals surface area contributed by atoms with E-state index in [0.29, 0.717) is 19.4 Å². The quantitative estimate of drug-likeness (QED) is 0.608. The maximum atomic E-state index is 11.2. The van der Waals surface area contributed by atoms with Gasteiger partial charge in [0.15, 0.2) is 0 Å². The molecule has 17 heavy (non-hydrogen) atoms. The molecule has 0 aromatic carbocycles. The summed E-state index contributed by atoms with van der Waals surface area (Å²) in [6.07, 6.45) is 0.562. The van der Waals surface area contributed by atoms with Crippen LogP contribution >= 0.6 is 0 Å². The number of carboxylic acid groups (broad SMARTS) is 1. The number of amides is 1. The number of carbonyl (C=O) groups excluding carboxylic acids is 1. The topological polar surface area (TPSA) is 87.7 Å². The van der Waals surface area contributed by atoms with Crippen LogP contribution in [-0.4, -0.2) is 42.4 Å². The van der Waals surface area contributed by atoms with E-state index in [0.717, 1.165) is 0 Å². The van der Waals surface area contributed by atoms with Gasteiger partial charge < -0.3 is 20.5 Å². The Bertz CT molecular complexity index is 261. The number of nitrogens with one attached hydrogen (secondary N) is 2. The molecule has 3 N–H and O–H groups in total. The summed E-state index contributed by atoms with van der Waals surface area (Å²) in [5.74, 6) is -0.884. The number of rotatable bonds is 6. The van der Waals surface area contributed by atoms with Crippen molar-refractivity contribution in [2.75, 3.05) is 13.6 Å². The van der Waals surface area contributed by atoms with Crippen molar-refractivity contribution in [2.24, 2.45) is 0 Å². The van der Waals surface area contributed by atoms with Crippen LogP contribution < -0.4 is 10.6 Å². The van der Waals surface area contributed by atoms with E-state index in [2.05, 4.69) is 10.6 Å². The largest absolute Gasteiger partial charge is 0.480 e. The molecule has 0 aliphatic carbocycles. The molecule has 1 atom stereocenters. The maximum Gasteiger partial charge on any atom is 0.407 e. The second-order valence-corrected chi connectivity index (χ2v) is 4.75. The van der Waals surface area contributed by atoms with Crippen molar-refractivity contribution in [3.05, 3.63) is 0 Å². The van der Waals surface area contributed by atoms with E-state index >= 15 is 0 Å². The van der Waals surface area contributed by atoms with E-state index < -0.39 is 23.7 Å². The highest BCUT2D eigenvalue weighted by Crippen LogP contribution is 2.06. The van der Waals surface area contributed by atoms with Crippen LogP contribution in [0.1, 0.15) is 33.6 Å². The summed E-state index contributed by atoms with van der Waals surface area (Å²) < 4.78 is 5.04. The molecule has 0 bridgehead atoms. The van der Waals surface area contributed by atoms with E-state index in [-0.39, 0.29) is 0 Å². The third kappa shape index (κ3) is 8.50. The molecule has 0 spiro atoms. The molecular weight excluding hydrogens is 224 g/mol. The van der Waals surface area contributed by atoms with Crippen LogP contribution in [0.25, 0.3) is 0 Å². The molecule has 0 unspecified atom stereocenters. The summed E-state index contributed by atoms with van der Waals surface area (Å²) in [6.45, 7) is 5.76. The summed E-state index contributed by atoms with van der Waals surface area (Å²) in [6, 6.07) is -0.574. The summed E-state index contributed by atoms with van der Waals surface area (Å²) in [5, 5.41) is 14.0. The van der Waals surface area contributed by atoms with E-state index in [9.17, 15) is 9.59 Å². The first-order chi connectivity index (χ1) is 7.76. The number of ether oxygens (including phenoxy) is 1. The molecule has 6 heteroatoms. The van der Waals surface area contributed by atoms with Gasteiger partial charge in [-0.1, -0.05) is 0 Å². The first kappa shape index (κ1) is 15.7. The Morgan fingerprint density at radius 2 is 1.94 bits per heavy atom. The molecule has 6 nitrogen and oxygen atoms in total. The standard InChI is InChI=1S/C11H22N2O4/c1-11(2,3)17-10(16)13-7-5-6-8(12-4)9(14)15/h8,12H,5-7H2,1-4H3,(H,13,16)(H,14,15)/t8-/m1/s1. The van der Waals surface area contributed by atoms with Crippen molar-refractivity contribution < 1.29 is 19.4 Å². The average Bonchev–Trinajstić information content (AvgIpc) is 2.14. The third-order valence-electron chi connectivity index (χ3n) is 1.98. The van der Waals surface area contributed by atoms with Gasteiger partial charge in [-0.3, -0.25) is 4.79 Å². The summed E-state index contributed by atoms with van der Waals surface area (Å²) in [4.78, 5) is 21.9. The lowest BCUT2D eigenvalue weighted by atomic mass is 10.1. The minimum Gasteiger partial charge on any atom is -0.480 e. The molecule has 0 aromatic rings. The maximum absolute atomic E-state index is 11.2. The van der Waals surface area contributed by atoms with Crippen LogP contribution in [0.5, 0.6) is 0 Å². The number of alkyl carbamates (subject to hydrolysis) is 1. The number of aliphatic carboxylic acids is 1. The first-order valence-electron chi connectivity index (χ1n) is 5.63. The Balaban J connectivity index is 3.71. The van der Waals surface area contributed by atoms with Crippen LogP contribution in [0.2, 0.25) is 0 Å². The van der Waals surface area contributed by atoms with Gasteiger partial charge in [-0.15, -0.1) is 0 Å². The van der Waals surface area contributed by atoms with Crippen molar-refractivity contribution in [1.82, 2.24) is 10.6 Å². The van der Waals surface area contributed by atoms with Crippen molar-refractivity contribution >= 4 is 12.1 Å². The first-order valence-corrected chi connectivity index (χ1v) is 5.63. The number of carbonyl (C=O) groups is 2. The number of hydrogen-bond acceptors (Lipinski definition) is 4. The molecule has 100 valence electrons. The van der Waals surface area contributed by atoms with Gasteiger partial charge in [0.2, 0.25) is 0 Å². The Labute approximate surface area is 102 Å². The van der Waals surface area contributed by atoms with E-state index in [1.54, 1.807) is 27.8 Å². The Morgan fingerprint density at radius 3 is 2.35 bits per heavy atom. The lowest BCUT2D eigenvalue weighted by molar-refractivity contribution is -0.139. The average molecular weight is 246 g/mol. The number of hydrogen-bond donors (Lipinski definition) is 3. The van der Waals surface area contributed by atoms with Gasteiger partial charge in [-0.05, 0) is 40.7 Å². The molecule has 0 heterocycles. The second kappa shape index (κ2) is 7.11. The van der Waals surface area contributed by atoms with Crippen molar-refractivity contribution in [3.63, 3.8) is 0 Å². The van der Waals surface area contributed by atoms with Crippen molar-refractivity contribution in [2.45, 2.75) is 45.3 Å². The normalized spacial score (nSPS) is 12.9. The minimum absolute atomic E-state index is 0.403. The van der Waals surface area contributed by atoms with Gasteiger partial charge in [0.25, 0.3) is 0 Å². The SMILES string of the molecule is CN[C@H](CCCNC(=O)OC(C)(C)C)C(=O)O. The predicted octanol–water partition coefficient (Wildman–Crippen LogP) is 0.964. The molecule has 0 aliphatic heterocycles. The summed E-state index contributed by atoms with van der Waals surface area (Å²) in [7, 11) is 1.60. The fourth-order valence-corrected chi connectivity index (χ4v) is 1.20. The van der Waals surface area contributed by atoms with Gasteiger partial charge in [0, 0.05) is 6.54 Å². The molecule has 0 saturated carbocycles. The van der Waals surface area contributed by atoms with Crippen LogP contribution in [-0.2, 0) is 9.53 Å². The predicted molar refractivity (Wildman–Crippen MR) is 64.0 cm³/mol. The van der Waals surface area contributed by atoms with E-state index in [1.165, 1.54) is 0 Å². The molecule has 0 aromatic heterocycles. The zero-order valence-corrected chi connectivity index (χ0v) is 10.9. The van der Waals surface area contributed by atoms with Gasteiger partial charge in [-0.2, -0.15) is 0 Å². The number of likely N-dealkylation sites (N-methyl/N-ethyl adjacent to an activating group) is 1. The Kier molecular flexibility index (Phi) is 6.57. The molecule has 0 saturated heterocycles.